The number of hydrogen-bond donors (Lipinski definition) is 1. The quantitative estimate of drug-likeness (QED) is 0.686. The van der Waals surface area contributed by atoms with E-state index in [1.54, 1.807) is 37.3 Å². The van der Waals surface area contributed by atoms with Crippen molar-refractivity contribution in [1.82, 2.24) is 9.88 Å². The number of thiazole rings is 1. The van der Waals surface area contributed by atoms with Crippen LogP contribution in [0.4, 0.5) is 5.13 Å². The lowest BCUT2D eigenvalue weighted by Gasteiger charge is -2.31. The van der Waals surface area contributed by atoms with Crippen LogP contribution in [0.2, 0.25) is 0 Å². The summed E-state index contributed by atoms with van der Waals surface area (Å²) in [5.41, 5.74) is 0.723. The first-order chi connectivity index (χ1) is 14.1. The zero-order chi connectivity index (χ0) is 20.4. The molecule has 29 heavy (non-hydrogen) atoms. The van der Waals surface area contributed by atoms with Crippen molar-refractivity contribution < 1.29 is 23.5 Å². The third-order valence-electron chi connectivity index (χ3n) is 4.94. The summed E-state index contributed by atoms with van der Waals surface area (Å²) in [6.45, 7) is 0.974. The van der Waals surface area contributed by atoms with Gasteiger partial charge in [-0.15, -0.1) is 0 Å². The van der Waals surface area contributed by atoms with Crippen LogP contribution < -0.4 is 14.8 Å². The molecule has 0 saturated carbocycles. The van der Waals surface area contributed by atoms with Crippen molar-refractivity contribution in [2.75, 3.05) is 32.6 Å². The van der Waals surface area contributed by atoms with Gasteiger partial charge in [0.25, 0.3) is 5.91 Å². The first-order valence-electron chi connectivity index (χ1n) is 9.25. The zero-order valence-electron chi connectivity index (χ0n) is 16.1. The SMILES string of the molecule is COc1cc2nc(NC(=O)C3CCCN(C(=O)c4ccco4)C3)sc2cc1OC. The lowest BCUT2D eigenvalue weighted by atomic mass is 9.97. The highest BCUT2D eigenvalue weighted by Crippen LogP contribution is 2.36. The number of ether oxygens (including phenoxy) is 2. The predicted octanol–water partition coefficient (Wildman–Crippen LogP) is 3.40. The smallest absolute Gasteiger partial charge is 0.289 e. The fourth-order valence-corrected chi connectivity index (χ4v) is 4.33. The molecule has 0 radical (unpaired) electrons. The Labute approximate surface area is 171 Å². The number of amides is 2. The minimum atomic E-state index is -0.293. The molecular formula is C20H21N3O5S. The molecule has 0 aliphatic carbocycles. The number of nitrogens with one attached hydrogen (secondary N) is 1. The average molecular weight is 415 g/mol. The summed E-state index contributed by atoms with van der Waals surface area (Å²) in [6, 6.07) is 6.94. The predicted molar refractivity (Wildman–Crippen MR) is 109 cm³/mol. The molecule has 1 atom stereocenters. The third-order valence-corrected chi connectivity index (χ3v) is 5.87. The molecule has 1 saturated heterocycles. The van der Waals surface area contributed by atoms with Crippen molar-refractivity contribution >= 4 is 38.5 Å². The topological polar surface area (TPSA) is 93.9 Å². The van der Waals surface area contributed by atoms with Gasteiger partial charge in [-0.05, 0) is 25.0 Å². The average Bonchev–Trinajstić information content (AvgIpc) is 3.41. The number of likely N-dealkylation sites (tertiary alicyclic amines) is 1. The molecule has 1 aliphatic rings. The molecule has 1 unspecified atom stereocenters. The highest BCUT2D eigenvalue weighted by molar-refractivity contribution is 7.22. The van der Waals surface area contributed by atoms with E-state index in [1.165, 1.54) is 17.6 Å². The van der Waals surface area contributed by atoms with E-state index >= 15 is 0 Å². The van der Waals surface area contributed by atoms with Crippen LogP contribution >= 0.6 is 11.3 Å². The Morgan fingerprint density at radius 3 is 2.79 bits per heavy atom. The van der Waals surface area contributed by atoms with Crippen molar-refractivity contribution in [1.29, 1.82) is 0 Å². The van der Waals surface area contributed by atoms with Gasteiger partial charge in [0, 0.05) is 25.2 Å². The van der Waals surface area contributed by atoms with Crippen molar-refractivity contribution in [3.05, 3.63) is 36.3 Å². The van der Waals surface area contributed by atoms with Crippen LogP contribution in [0.15, 0.2) is 34.9 Å². The summed E-state index contributed by atoms with van der Waals surface area (Å²) in [6.07, 6.45) is 2.96. The molecule has 1 fully saturated rings. The van der Waals surface area contributed by atoms with Crippen LogP contribution in [0.1, 0.15) is 23.4 Å². The van der Waals surface area contributed by atoms with E-state index in [1.807, 2.05) is 6.07 Å². The zero-order valence-corrected chi connectivity index (χ0v) is 17.0. The molecule has 152 valence electrons. The van der Waals surface area contributed by atoms with Gasteiger partial charge in [-0.1, -0.05) is 11.3 Å². The van der Waals surface area contributed by atoms with Gasteiger partial charge in [-0.3, -0.25) is 9.59 Å². The van der Waals surface area contributed by atoms with E-state index in [4.69, 9.17) is 13.9 Å². The summed E-state index contributed by atoms with van der Waals surface area (Å²) in [5.74, 6) is 0.869. The number of furan rings is 1. The normalized spacial score (nSPS) is 16.6. The first-order valence-corrected chi connectivity index (χ1v) is 10.1. The number of hydrogen-bond acceptors (Lipinski definition) is 7. The minimum absolute atomic E-state index is 0.139. The van der Waals surface area contributed by atoms with Gasteiger partial charge < -0.3 is 24.1 Å². The third kappa shape index (κ3) is 3.91. The Morgan fingerprint density at radius 2 is 2.07 bits per heavy atom. The van der Waals surface area contributed by atoms with Crippen molar-refractivity contribution in [3.63, 3.8) is 0 Å². The maximum absolute atomic E-state index is 12.8. The Kier molecular flexibility index (Phi) is 5.39. The molecule has 9 heteroatoms. The number of aromatic nitrogens is 1. The molecule has 3 heterocycles. The lowest BCUT2D eigenvalue weighted by molar-refractivity contribution is -0.121. The molecule has 0 spiro atoms. The Hall–Kier alpha value is -3.07. The molecule has 2 aromatic heterocycles. The second kappa shape index (κ2) is 8.12. The number of nitrogens with zero attached hydrogens (tertiary/aromatic N) is 2. The number of carbonyl (C=O) groups excluding carboxylic acids is 2. The largest absolute Gasteiger partial charge is 0.493 e. The number of carbonyl (C=O) groups is 2. The Morgan fingerprint density at radius 1 is 1.28 bits per heavy atom. The van der Waals surface area contributed by atoms with Gasteiger partial charge in [0.1, 0.15) is 0 Å². The summed E-state index contributed by atoms with van der Waals surface area (Å²) in [4.78, 5) is 31.4. The summed E-state index contributed by atoms with van der Waals surface area (Å²) in [7, 11) is 3.14. The van der Waals surface area contributed by atoms with Gasteiger partial charge in [-0.25, -0.2) is 4.98 Å². The monoisotopic (exact) mass is 415 g/mol. The molecule has 8 nitrogen and oxygen atoms in total. The van der Waals surface area contributed by atoms with Gasteiger partial charge in [0.15, 0.2) is 22.4 Å². The summed E-state index contributed by atoms with van der Waals surface area (Å²) >= 11 is 1.37. The first kappa shape index (κ1) is 19.3. The molecular weight excluding hydrogens is 394 g/mol. The molecule has 0 bridgehead atoms. The van der Waals surface area contributed by atoms with E-state index in [2.05, 4.69) is 10.3 Å². The number of piperidine rings is 1. The minimum Gasteiger partial charge on any atom is -0.493 e. The highest BCUT2D eigenvalue weighted by Gasteiger charge is 2.30. The van der Waals surface area contributed by atoms with Crippen molar-refractivity contribution in [2.24, 2.45) is 5.92 Å². The summed E-state index contributed by atoms with van der Waals surface area (Å²) < 4.78 is 16.7. The fraction of sp³-hybridized carbons (Fsp3) is 0.350. The highest BCUT2D eigenvalue weighted by atomic mass is 32.1. The van der Waals surface area contributed by atoms with Crippen LogP contribution in [-0.4, -0.2) is 49.0 Å². The maximum atomic E-state index is 12.8. The van der Waals surface area contributed by atoms with Crippen LogP contribution in [-0.2, 0) is 4.79 Å². The van der Waals surface area contributed by atoms with E-state index < -0.39 is 0 Å². The number of rotatable bonds is 5. The van der Waals surface area contributed by atoms with Crippen molar-refractivity contribution in [2.45, 2.75) is 12.8 Å². The fourth-order valence-electron chi connectivity index (χ4n) is 3.45. The molecule has 3 aromatic rings. The lowest BCUT2D eigenvalue weighted by Crippen LogP contribution is -2.43. The number of anilines is 1. The Bertz CT molecular complexity index is 989. The van der Waals surface area contributed by atoms with E-state index in [0.29, 0.717) is 35.5 Å². The Balaban J connectivity index is 1.46. The standard InChI is InChI=1S/C20H21N3O5S/c1-26-15-9-13-17(10-16(15)27-2)29-20(21-13)22-18(24)12-5-3-7-23(11-12)19(25)14-6-4-8-28-14/h4,6,8-10,12H,3,5,7,11H2,1-2H3,(H,21,22,24). The van der Waals surface area contributed by atoms with Crippen molar-refractivity contribution in [3.8, 4) is 11.5 Å². The number of methoxy groups -OCH3 is 2. The second-order valence-corrected chi connectivity index (χ2v) is 7.78. The maximum Gasteiger partial charge on any atom is 0.289 e. The molecule has 1 aromatic carbocycles. The van der Waals surface area contributed by atoms with Crippen LogP contribution in [0.25, 0.3) is 10.2 Å². The van der Waals surface area contributed by atoms with Gasteiger partial charge in [0.2, 0.25) is 5.91 Å². The van der Waals surface area contributed by atoms with Crippen LogP contribution in [0, 0.1) is 5.92 Å². The van der Waals surface area contributed by atoms with Gasteiger partial charge >= 0.3 is 0 Å². The van der Waals surface area contributed by atoms with Gasteiger partial charge in [-0.2, -0.15) is 0 Å². The molecule has 1 aliphatic heterocycles. The van der Waals surface area contributed by atoms with Crippen LogP contribution in [0.3, 0.4) is 0 Å². The molecule has 4 rings (SSSR count). The van der Waals surface area contributed by atoms with E-state index in [-0.39, 0.29) is 17.7 Å². The van der Waals surface area contributed by atoms with E-state index in [9.17, 15) is 9.59 Å². The summed E-state index contributed by atoms with van der Waals surface area (Å²) in [5, 5.41) is 3.40. The van der Waals surface area contributed by atoms with Gasteiger partial charge in [0.05, 0.1) is 36.6 Å². The molecule has 1 N–H and O–H groups in total. The number of benzene rings is 1. The van der Waals surface area contributed by atoms with E-state index in [0.717, 1.165) is 23.1 Å². The molecule has 2 amide bonds. The second-order valence-electron chi connectivity index (χ2n) is 6.75. The number of fused-ring (bicyclic) bond motifs is 1. The van der Waals surface area contributed by atoms with Crippen LogP contribution in [0.5, 0.6) is 11.5 Å².